The van der Waals surface area contributed by atoms with E-state index in [-0.39, 0.29) is 17.9 Å². The summed E-state index contributed by atoms with van der Waals surface area (Å²) >= 11 is 0. The highest BCUT2D eigenvalue weighted by Gasteiger charge is 2.38. The van der Waals surface area contributed by atoms with Crippen molar-refractivity contribution >= 4 is 11.9 Å². The van der Waals surface area contributed by atoms with Gasteiger partial charge in [0.15, 0.2) is 0 Å². The van der Waals surface area contributed by atoms with Crippen LogP contribution in [-0.2, 0) is 19.1 Å². The van der Waals surface area contributed by atoms with E-state index >= 15 is 0 Å². The van der Waals surface area contributed by atoms with Crippen molar-refractivity contribution in [2.75, 3.05) is 13.2 Å². The fourth-order valence-electron chi connectivity index (χ4n) is 4.09. The van der Waals surface area contributed by atoms with E-state index in [9.17, 15) is 9.59 Å². The molecule has 0 bridgehead atoms. The van der Waals surface area contributed by atoms with Gasteiger partial charge in [-0.15, -0.1) is 0 Å². The number of allylic oxidation sites excluding steroid dienone is 2. The number of hydrogen-bond acceptors (Lipinski definition) is 4. The van der Waals surface area contributed by atoms with Crippen LogP contribution in [0, 0.1) is 11.8 Å². The van der Waals surface area contributed by atoms with Gasteiger partial charge in [-0.3, -0.25) is 9.59 Å². The fourth-order valence-corrected chi connectivity index (χ4v) is 4.09. The van der Waals surface area contributed by atoms with Gasteiger partial charge in [-0.1, -0.05) is 96.6 Å². The maximum Gasteiger partial charge on any atom is 0.310 e. The maximum absolute atomic E-state index is 12.7. The number of carbonyl (C=O) groups excluding carboxylic acids is 2. The summed E-state index contributed by atoms with van der Waals surface area (Å²) in [5.74, 6) is -1.22. The van der Waals surface area contributed by atoms with Crippen molar-refractivity contribution in [2.45, 2.75) is 117 Å². The van der Waals surface area contributed by atoms with Gasteiger partial charge >= 0.3 is 11.9 Å². The van der Waals surface area contributed by atoms with Crippen molar-refractivity contribution in [3.8, 4) is 0 Å². The minimum Gasteiger partial charge on any atom is -0.465 e. The lowest BCUT2D eigenvalue weighted by Gasteiger charge is -2.28. The summed E-state index contributed by atoms with van der Waals surface area (Å²) in [5, 5.41) is 0. The largest absolute Gasteiger partial charge is 0.465 e. The zero-order chi connectivity index (χ0) is 22.0. The zero-order valence-corrected chi connectivity index (χ0v) is 19.9. The second kappa shape index (κ2) is 17.4. The van der Waals surface area contributed by atoms with Gasteiger partial charge in [0, 0.05) is 0 Å². The van der Waals surface area contributed by atoms with Crippen molar-refractivity contribution in [3.63, 3.8) is 0 Å². The molecule has 0 saturated carbocycles. The highest BCUT2D eigenvalue weighted by atomic mass is 16.5. The van der Waals surface area contributed by atoms with Crippen LogP contribution in [0.5, 0.6) is 0 Å². The molecule has 2 atom stereocenters. The van der Waals surface area contributed by atoms with Crippen molar-refractivity contribution in [1.82, 2.24) is 0 Å². The monoisotopic (exact) mass is 422 g/mol. The normalized spacial score (nSPS) is 18.7. The Hall–Kier alpha value is -1.32. The first-order valence-corrected chi connectivity index (χ1v) is 12.6. The Balaban J connectivity index is 2.40. The number of ether oxygens (including phenoxy) is 2. The molecule has 0 heterocycles. The van der Waals surface area contributed by atoms with E-state index in [1.165, 1.54) is 56.9 Å². The number of rotatable bonds is 17. The van der Waals surface area contributed by atoms with Crippen LogP contribution in [0.2, 0.25) is 0 Å². The van der Waals surface area contributed by atoms with E-state index in [1.54, 1.807) is 0 Å². The van der Waals surface area contributed by atoms with Crippen molar-refractivity contribution in [3.05, 3.63) is 11.6 Å². The molecule has 0 fully saturated rings. The van der Waals surface area contributed by atoms with E-state index in [4.69, 9.17) is 9.47 Å². The van der Waals surface area contributed by atoms with Gasteiger partial charge in [-0.05, 0) is 32.1 Å². The Morgan fingerprint density at radius 1 is 0.733 bits per heavy atom. The first-order chi connectivity index (χ1) is 14.6. The second-order valence-electron chi connectivity index (χ2n) is 8.74. The molecule has 0 radical (unpaired) electrons. The Morgan fingerprint density at radius 2 is 1.20 bits per heavy atom. The molecule has 0 aromatic carbocycles. The average Bonchev–Trinajstić information content (AvgIpc) is 2.77. The molecule has 0 aromatic heterocycles. The first-order valence-electron chi connectivity index (χ1n) is 12.6. The van der Waals surface area contributed by atoms with Crippen LogP contribution in [0.15, 0.2) is 11.6 Å². The molecule has 0 aromatic rings. The third kappa shape index (κ3) is 11.2. The Labute approximate surface area is 185 Å². The van der Waals surface area contributed by atoms with Crippen molar-refractivity contribution < 1.29 is 19.1 Å². The zero-order valence-electron chi connectivity index (χ0n) is 19.9. The summed E-state index contributed by atoms with van der Waals surface area (Å²) in [6, 6.07) is 0. The van der Waals surface area contributed by atoms with Crippen LogP contribution in [0.1, 0.15) is 117 Å². The summed E-state index contributed by atoms with van der Waals surface area (Å²) in [7, 11) is 0. The number of carbonyl (C=O) groups is 2. The van der Waals surface area contributed by atoms with E-state index in [0.717, 1.165) is 32.1 Å². The number of unbranched alkanes of at least 4 members (excludes halogenated alkanes) is 10. The topological polar surface area (TPSA) is 52.6 Å². The van der Waals surface area contributed by atoms with Gasteiger partial charge in [0.2, 0.25) is 0 Å². The Morgan fingerprint density at radius 3 is 1.70 bits per heavy atom. The van der Waals surface area contributed by atoms with Crippen LogP contribution in [-0.4, -0.2) is 25.2 Å². The predicted molar refractivity (Wildman–Crippen MR) is 123 cm³/mol. The van der Waals surface area contributed by atoms with Gasteiger partial charge in [0.05, 0.1) is 25.0 Å². The highest BCUT2D eigenvalue weighted by molar-refractivity contribution is 5.83. The lowest BCUT2D eigenvalue weighted by atomic mass is 9.79. The molecule has 4 heteroatoms. The predicted octanol–water partition coefficient (Wildman–Crippen LogP) is 7.16. The molecule has 4 nitrogen and oxygen atoms in total. The first kappa shape index (κ1) is 26.7. The van der Waals surface area contributed by atoms with E-state index in [2.05, 4.69) is 26.8 Å². The third-order valence-corrected chi connectivity index (χ3v) is 6.17. The molecule has 0 saturated heterocycles. The molecule has 0 spiro atoms. The molecule has 30 heavy (non-hydrogen) atoms. The molecular weight excluding hydrogens is 376 g/mol. The van der Waals surface area contributed by atoms with Crippen molar-refractivity contribution in [1.29, 1.82) is 0 Å². The molecule has 1 rings (SSSR count). The smallest absolute Gasteiger partial charge is 0.310 e. The molecule has 2 unspecified atom stereocenters. The quantitative estimate of drug-likeness (QED) is 0.142. The lowest BCUT2D eigenvalue weighted by molar-refractivity contribution is -0.161. The second-order valence-corrected chi connectivity index (χ2v) is 8.74. The van der Waals surface area contributed by atoms with Gasteiger partial charge in [0.25, 0.3) is 0 Å². The molecular formula is C26H46O4. The molecule has 0 amide bonds. The van der Waals surface area contributed by atoms with Crippen LogP contribution >= 0.6 is 0 Å². The standard InChI is InChI=1S/C26H46O4/c1-4-7-9-11-13-15-19-29-25(27)23-18-17-22(6-3)21-24(23)26(28)30-20-16-14-12-10-8-5-2/h17,23-24H,4-16,18-21H2,1-3H3. The fraction of sp³-hybridized carbons (Fsp3) is 0.846. The van der Waals surface area contributed by atoms with Crippen LogP contribution in [0.4, 0.5) is 0 Å². The summed E-state index contributed by atoms with van der Waals surface area (Å²) < 4.78 is 11.1. The molecule has 0 aliphatic heterocycles. The summed E-state index contributed by atoms with van der Waals surface area (Å²) in [4.78, 5) is 25.4. The van der Waals surface area contributed by atoms with Gasteiger partial charge in [0.1, 0.15) is 0 Å². The number of esters is 2. The SMILES string of the molecule is CCCCCCCCOC(=O)C1CC=C(CC)CC1C(=O)OCCCCCCCC. The highest BCUT2D eigenvalue weighted by Crippen LogP contribution is 2.33. The lowest BCUT2D eigenvalue weighted by Crippen LogP contribution is -2.35. The van der Waals surface area contributed by atoms with Crippen LogP contribution < -0.4 is 0 Å². The molecule has 174 valence electrons. The Kier molecular flexibility index (Phi) is 15.5. The molecule has 0 N–H and O–H groups in total. The summed E-state index contributed by atoms with van der Waals surface area (Å²) in [5.41, 5.74) is 1.25. The molecule has 1 aliphatic rings. The minimum absolute atomic E-state index is 0.218. The minimum atomic E-state index is -0.391. The maximum atomic E-state index is 12.7. The van der Waals surface area contributed by atoms with Gasteiger partial charge in [-0.25, -0.2) is 0 Å². The van der Waals surface area contributed by atoms with E-state index in [1.807, 2.05) is 0 Å². The van der Waals surface area contributed by atoms with Crippen LogP contribution in [0.3, 0.4) is 0 Å². The van der Waals surface area contributed by atoms with Gasteiger partial charge in [-0.2, -0.15) is 0 Å². The van der Waals surface area contributed by atoms with Gasteiger partial charge < -0.3 is 9.47 Å². The van der Waals surface area contributed by atoms with E-state index in [0.29, 0.717) is 26.1 Å². The Bertz CT molecular complexity index is 497. The van der Waals surface area contributed by atoms with E-state index < -0.39 is 5.92 Å². The van der Waals surface area contributed by atoms with Crippen molar-refractivity contribution in [2.24, 2.45) is 11.8 Å². The third-order valence-electron chi connectivity index (χ3n) is 6.17. The number of hydrogen-bond donors (Lipinski definition) is 0. The summed E-state index contributed by atoms with van der Waals surface area (Å²) in [6.45, 7) is 7.44. The van der Waals surface area contributed by atoms with Crippen LogP contribution in [0.25, 0.3) is 0 Å². The summed E-state index contributed by atoms with van der Waals surface area (Å²) in [6.07, 6.45) is 18.2. The molecule has 1 aliphatic carbocycles. The average molecular weight is 423 g/mol.